The van der Waals surface area contributed by atoms with Gasteiger partial charge in [0.1, 0.15) is 5.75 Å². The summed E-state index contributed by atoms with van der Waals surface area (Å²) in [6.07, 6.45) is 2.00. The van der Waals surface area contributed by atoms with Crippen LogP contribution in [0.2, 0.25) is 0 Å². The molecule has 0 amide bonds. The van der Waals surface area contributed by atoms with Crippen LogP contribution in [0.1, 0.15) is 23.4 Å². The molecule has 1 saturated heterocycles. The fourth-order valence-corrected chi connectivity index (χ4v) is 3.86. The molecule has 2 aromatic rings. The van der Waals surface area contributed by atoms with Crippen LogP contribution in [0.4, 0.5) is 5.69 Å². The summed E-state index contributed by atoms with van der Waals surface area (Å²) in [6, 6.07) is 8.55. The Bertz CT molecular complexity index is 828. The lowest BCUT2D eigenvalue weighted by atomic mass is 10.1. The first kappa shape index (κ1) is 20.0. The zero-order valence-corrected chi connectivity index (χ0v) is 17.6. The SMILES string of the molecule is CN=C(NCCc1c(C)nn(C)c1C)NC1CCN(c2ccccc2OC)C1. The average Bonchev–Trinajstić information content (AvgIpc) is 3.26. The minimum absolute atomic E-state index is 0.359. The van der Waals surface area contributed by atoms with E-state index in [1.807, 2.05) is 30.9 Å². The molecule has 0 saturated carbocycles. The van der Waals surface area contributed by atoms with E-state index in [2.05, 4.69) is 51.6 Å². The number of guanidine groups is 1. The fraction of sp³-hybridized carbons (Fsp3) is 0.524. The molecule has 2 N–H and O–H groups in total. The van der Waals surface area contributed by atoms with E-state index < -0.39 is 0 Å². The lowest BCUT2D eigenvalue weighted by molar-refractivity contribution is 0.415. The van der Waals surface area contributed by atoms with Gasteiger partial charge in [-0.05, 0) is 44.4 Å². The van der Waals surface area contributed by atoms with E-state index in [1.54, 1.807) is 7.11 Å². The first-order valence-electron chi connectivity index (χ1n) is 9.87. The van der Waals surface area contributed by atoms with E-state index in [0.29, 0.717) is 6.04 Å². The van der Waals surface area contributed by atoms with E-state index >= 15 is 0 Å². The Hall–Kier alpha value is -2.70. The Morgan fingerprint density at radius 2 is 2.11 bits per heavy atom. The van der Waals surface area contributed by atoms with Gasteiger partial charge in [0.15, 0.2) is 5.96 Å². The lowest BCUT2D eigenvalue weighted by Crippen LogP contribution is -2.45. The van der Waals surface area contributed by atoms with Gasteiger partial charge in [-0.25, -0.2) is 0 Å². The first-order chi connectivity index (χ1) is 13.5. The fourth-order valence-electron chi connectivity index (χ4n) is 3.86. The van der Waals surface area contributed by atoms with Gasteiger partial charge >= 0.3 is 0 Å². The zero-order valence-electron chi connectivity index (χ0n) is 17.6. The number of methoxy groups -OCH3 is 1. The van der Waals surface area contributed by atoms with Crippen molar-refractivity contribution in [1.29, 1.82) is 0 Å². The molecule has 2 heterocycles. The Morgan fingerprint density at radius 3 is 2.79 bits per heavy atom. The molecule has 0 bridgehead atoms. The number of hydrogen-bond acceptors (Lipinski definition) is 4. The number of rotatable bonds is 6. The molecule has 7 nitrogen and oxygen atoms in total. The molecule has 7 heteroatoms. The maximum Gasteiger partial charge on any atom is 0.191 e. The van der Waals surface area contributed by atoms with Crippen molar-refractivity contribution in [3.63, 3.8) is 0 Å². The van der Waals surface area contributed by atoms with Crippen molar-refractivity contribution in [2.45, 2.75) is 32.7 Å². The van der Waals surface area contributed by atoms with Crippen molar-refractivity contribution in [3.05, 3.63) is 41.2 Å². The number of hydrogen-bond donors (Lipinski definition) is 2. The van der Waals surface area contributed by atoms with Crippen LogP contribution in [-0.4, -0.2) is 55.6 Å². The van der Waals surface area contributed by atoms with E-state index in [9.17, 15) is 0 Å². The molecule has 28 heavy (non-hydrogen) atoms. The van der Waals surface area contributed by atoms with Crippen LogP contribution >= 0.6 is 0 Å². The van der Waals surface area contributed by atoms with Crippen LogP contribution in [0.3, 0.4) is 0 Å². The predicted molar refractivity (Wildman–Crippen MR) is 114 cm³/mol. The van der Waals surface area contributed by atoms with Crippen LogP contribution in [0.5, 0.6) is 5.75 Å². The van der Waals surface area contributed by atoms with Crippen LogP contribution in [0.25, 0.3) is 0 Å². The average molecular weight is 385 g/mol. The lowest BCUT2D eigenvalue weighted by Gasteiger charge is -2.22. The van der Waals surface area contributed by atoms with Crippen molar-refractivity contribution in [3.8, 4) is 5.75 Å². The summed E-state index contributed by atoms with van der Waals surface area (Å²) in [5.41, 5.74) is 4.80. The molecule has 1 aliphatic heterocycles. The number of aromatic nitrogens is 2. The minimum atomic E-state index is 0.359. The first-order valence-corrected chi connectivity index (χ1v) is 9.87. The quantitative estimate of drug-likeness (QED) is 0.589. The Labute approximate surface area is 167 Å². The molecule has 1 fully saturated rings. The number of nitrogens with one attached hydrogen (secondary N) is 2. The summed E-state index contributed by atoms with van der Waals surface area (Å²) in [4.78, 5) is 6.76. The number of aryl methyl sites for hydroxylation is 2. The zero-order chi connectivity index (χ0) is 20.1. The smallest absolute Gasteiger partial charge is 0.191 e. The van der Waals surface area contributed by atoms with Gasteiger partial charge in [0.25, 0.3) is 0 Å². The van der Waals surface area contributed by atoms with E-state index in [1.165, 1.54) is 11.3 Å². The van der Waals surface area contributed by atoms with E-state index in [4.69, 9.17) is 4.74 Å². The topological polar surface area (TPSA) is 66.7 Å². The molecule has 1 aromatic heterocycles. The Kier molecular flexibility index (Phi) is 6.44. The third kappa shape index (κ3) is 4.40. The molecular weight excluding hydrogens is 352 g/mol. The highest BCUT2D eigenvalue weighted by Crippen LogP contribution is 2.30. The normalized spacial score (nSPS) is 17.1. The van der Waals surface area contributed by atoms with E-state index in [-0.39, 0.29) is 0 Å². The molecule has 0 radical (unpaired) electrons. The highest BCUT2D eigenvalue weighted by molar-refractivity contribution is 5.80. The molecule has 3 rings (SSSR count). The van der Waals surface area contributed by atoms with Crippen molar-refractivity contribution < 1.29 is 4.74 Å². The molecule has 1 atom stereocenters. The second-order valence-electron chi connectivity index (χ2n) is 7.27. The predicted octanol–water partition coefficient (Wildman–Crippen LogP) is 2.03. The second-order valence-corrected chi connectivity index (χ2v) is 7.27. The van der Waals surface area contributed by atoms with Crippen LogP contribution < -0.4 is 20.3 Å². The third-order valence-corrected chi connectivity index (χ3v) is 5.50. The number of benzene rings is 1. The molecule has 152 valence electrons. The van der Waals surface area contributed by atoms with Gasteiger partial charge in [-0.15, -0.1) is 0 Å². The third-order valence-electron chi connectivity index (χ3n) is 5.50. The molecule has 0 aliphatic carbocycles. The minimum Gasteiger partial charge on any atom is -0.495 e. The van der Waals surface area contributed by atoms with Crippen molar-refractivity contribution >= 4 is 11.6 Å². The summed E-state index contributed by atoms with van der Waals surface area (Å²) in [5, 5.41) is 11.5. The van der Waals surface area contributed by atoms with Gasteiger partial charge in [0.2, 0.25) is 0 Å². The summed E-state index contributed by atoms with van der Waals surface area (Å²) < 4.78 is 7.45. The van der Waals surface area contributed by atoms with Crippen molar-refractivity contribution in [2.24, 2.45) is 12.0 Å². The Balaban J connectivity index is 1.51. The van der Waals surface area contributed by atoms with Crippen molar-refractivity contribution in [1.82, 2.24) is 20.4 Å². The molecule has 1 aromatic carbocycles. The number of ether oxygens (including phenoxy) is 1. The van der Waals surface area contributed by atoms with Crippen molar-refractivity contribution in [2.75, 3.05) is 38.7 Å². The molecule has 1 aliphatic rings. The van der Waals surface area contributed by atoms with Gasteiger partial charge in [-0.3, -0.25) is 9.67 Å². The maximum absolute atomic E-state index is 5.51. The number of anilines is 1. The van der Waals surface area contributed by atoms with Gasteiger partial charge in [0, 0.05) is 45.5 Å². The highest BCUT2D eigenvalue weighted by Gasteiger charge is 2.25. The number of para-hydroxylation sites is 2. The largest absolute Gasteiger partial charge is 0.495 e. The van der Waals surface area contributed by atoms with Gasteiger partial charge < -0.3 is 20.3 Å². The molecular formula is C21H32N6O. The standard InChI is InChI=1S/C21H32N6O/c1-15-18(16(2)26(4)25-15)10-12-23-21(22-3)24-17-11-13-27(14-17)19-8-6-7-9-20(19)28-5/h6-9,17H,10-14H2,1-5H3,(H2,22,23,24). The second kappa shape index (κ2) is 8.99. The highest BCUT2D eigenvalue weighted by atomic mass is 16.5. The summed E-state index contributed by atoms with van der Waals surface area (Å²) >= 11 is 0. The van der Waals surface area contributed by atoms with Gasteiger partial charge in [-0.2, -0.15) is 5.10 Å². The number of nitrogens with zero attached hydrogens (tertiary/aromatic N) is 4. The van der Waals surface area contributed by atoms with E-state index in [0.717, 1.165) is 55.6 Å². The maximum atomic E-state index is 5.51. The summed E-state index contributed by atoms with van der Waals surface area (Å²) in [7, 11) is 5.54. The summed E-state index contributed by atoms with van der Waals surface area (Å²) in [6.45, 7) is 6.95. The Morgan fingerprint density at radius 1 is 1.32 bits per heavy atom. The van der Waals surface area contributed by atoms with Gasteiger partial charge in [0.05, 0.1) is 18.5 Å². The van der Waals surface area contributed by atoms with Crippen LogP contribution in [0.15, 0.2) is 29.3 Å². The summed E-state index contributed by atoms with van der Waals surface area (Å²) in [5.74, 6) is 1.78. The number of aliphatic imine (C=N–C) groups is 1. The van der Waals surface area contributed by atoms with Gasteiger partial charge in [-0.1, -0.05) is 12.1 Å². The van der Waals surface area contributed by atoms with Crippen LogP contribution in [0, 0.1) is 13.8 Å². The van der Waals surface area contributed by atoms with Crippen LogP contribution in [-0.2, 0) is 13.5 Å². The molecule has 1 unspecified atom stereocenters. The molecule has 0 spiro atoms. The monoisotopic (exact) mass is 384 g/mol.